The second kappa shape index (κ2) is 9.31. The number of hydrogen-bond donors (Lipinski definition) is 1. The van der Waals surface area contributed by atoms with E-state index < -0.39 is 0 Å². The number of rotatable bonds is 5. The number of piperidine rings is 1. The van der Waals surface area contributed by atoms with Crippen LogP contribution in [0.5, 0.6) is 0 Å². The molecule has 6 heteroatoms. The largest absolute Gasteiger partial charge is 0.299 e. The van der Waals surface area contributed by atoms with Crippen LogP contribution in [0.15, 0.2) is 58.1 Å². The van der Waals surface area contributed by atoms with Crippen LogP contribution in [-0.4, -0.2) is 30.1 Å². The topological polar surface area (TPSA) is 44.7 Å². The molecular formula is C20H21BrClN3O. The van der Waals surface area contributed by atoms with Crippen LogP contribution < -0.4 is 5.43 Å². The van der Waals surface area contributed by atoms with Gasteiger partial charge in [0.25, 0.3) is 0 Å². The van der Waals surface area contributed by atoms with E-state index in [0.29, 0.717) is 0 Å². The molecule has 3 rings (SSSR count). The second-order valence-electron chi connectivity index (χ2n) is 6.47. The molecule has 1 saturated heterocycles. The summed E-state index contributed by atoms with van der Waals surface area (Å²) in [7, 11) is 0. The fourth-order valence-electron chi connectivity index (χ4n) is 3.05. The lowest BCUT2D eigenvalue weighted by atomic mass is 9.96. The summed E-state index contributed by atoms with van der Waals surface area (Å²) in [6.07, 6.45) is 3.37. The highest BCUT2D eigenvalue weighted by Crippen LogP contribution is 2.20. The van der Waals surface area contributed by atoms with Gasteiger partial charge in [-0.05, 0) is 61.3 Å². The number of nitrogens with zero attached hydrogens (tertiary/aromatic N) is 2. The average molecular weight is 435 g/mol. The third-order valence-corrected chi connectivity index (χ3v) is 5.26. The van der Waals surface area contributed by atoms with Gasteiger partial charge >= 0.3 is 0 Å². The maximum Gasteiger partial charge on any atom is 0.243 e. The van der Waals surface area contributed by atoms with Crippen molar-refractivity contribution in [2.75, 3.05) is 13.1 Å². The zero-order valence-corrected chi connectivity index (χ0v) is 16.7. The number of hydrazone groups is 1. The van der Waals surface area contributed by atoms with Crippen LogP contribution in [0.2, 0.25) is 5.02 Å². The van der Waals surface area contributed by atoms with Crippen LogP contribution >= 0.6 is 27.5 Å². The number of carbonyl (C=O) groups excluding carboxylic acids is 1. The molecule has 1 heterocycles. The predicted octanol–water partition coefficient (Wildman–Crippen LogP) is 4.46. The minimum atomic E-state index is 0.00221. The van der Waals surface area contributed by atoms with E-state index >= 15 is 0 Å². The second-order valence-corrected chi connectivity index (χ2v) is 7.82. The highest BCUT2D eigenvalue weighted by atomic mass is 79.9. The first-order chi connectivity index (χ1) is 12.6. The van der Waals surface area contributed by atoms with Gasteiger partial charge in [0.2, 0.25) is 5.91 Å². The molecule has 0 radical (unpaired) electrons. The van der Waals surface area contributed by atoms with Crippen molar-refractivity contribution in [3.8, 4) is 0 Å². The molecule has 1 amide bonds. The maximum atomic E-state index is 12.3. The van der Waals surface area contributed by atoms with Gasteiger partial charge in [-0.1, -0.05) is 51.8 Å². The summed E-state index contributed by atoms with van der Waals surface area (Å²) >= 11 is 9.34. The minimum absolute atomic E-state index is 0.00221. The van der Waals surface area contributed by atoms with Gasteiger partial charge in [0.05, 0.1) is 6.21 Å². The summed E-state index contributed by atoms with van der Waals surface area (Å²) in [5.41, 5.74) is 4.86. The Morgan fingerprint density at radius 1 is 1.23 bits per heavy atom. The zero-order chi connectivity index (χ0) is 18.4. The quantitative estimate of drug-likeness (QED) is 0.557. The summed E-state index contributed by atoms with van der Waals surface area (Å²) in [6.45, 7) is 2.72. The molecule has 0 atom stereocenters. The molecule has 1 aliphatic rings. The third-order valence-electron chi connectivity index (χ3n) is 4.51. The van der Waals surface area contributed by atoms with Crippen LogP contribution in [0.3, 0.4) is 0 Å². The van der Waals surface area contributed by atoms with Gasteiger partial charge in [0.15, 0.2) is 0 Å². The molecule has 1 aliphatic heterocycles. The van der Waals surface area contributed by atoms with E-state index in [2.05, 4.69) is 43.5 Å². The van der Waals surface area contributed by atoms with Gasteiger partial charge in [-0.15, -0.1) is 0 Å². The van der Waals surface area contributed by atoms with Crippen LogP contribution in [-0.2, 0) is 11.3 Å². The molecule has 1 fully saturated rings. The SMILES string of the molecule is O=C(N/N=C\c1cccc(Br)c1)C1CCN(Cc2ccc(Cl)cc2)CC1. The summed E-state index contributed by atoms with van der Waals surface area (Å²) in [4.78, 5) is 14.7. The first kappa shape index (κ1) is 19.1. The van der Waals surface area contributed by atoms with E-state index in [4.69, 9.17) is 11.6 Å². The molecule has 136 valence electrons. The van der Waals surface area contributed by atoms with E-state index in [1.165, 1.54) is 5.56 Å². The van der Waals surface area contributed by atoms with Crippen molar-refractivity contribution in [1.82, 2.24) is 10.3 Å². The molecule has 0 spiro atoms. The smallest absolute Gasteiger partial charge is 0.243 e. The van der Waals surface area contributed by atoms with Gasteiger partial charge in [-0.2, -0.15) is 5.10 Å². The molecule has 2 aromatic carbocycles. The Balaban J connectivity index is 1.43. The number of halogens is 2. The van der Waals surface area contributed by atoms with Gasteiger partial charge in [-0.25, -0.2) is 5.43 Å². The van der Waals surface area contributed by atoms with Crippen molar-refractivity contribution in [3.05, 3.63) is 69.2 Å². The Hall–Kier alpha value is -1.69. The summed E-state index contributed by atoms with van der Waals surface area (Å²) in [5.74, 6) is 0.0264. The lowest BCUT2D eigenvalue weighted by Crippen LogP contribution is -2.39. The molecule has 26 heavy (non-hydrogen) atoms. The van der Waals surface area contributed by atoms with Crippen molar-refractivity contribution in [3.63, 3.8) is 0 Å². The Labute approximate surface area is 167 Å². The number of hydrogen-bond acceptors (Lipinski definition) is 3. The third kappa shape index (κ3) is 5.66. The van der Waals surface area contributed by atoms with Gasteiger partial charge in [-0.3, -0.25) is 9.69 Å². The molecule has 2 aromatic rings. The number of likely N-dealkylation sites (tertiary alicyclic amines) is 1. The first-order valence-corrected chi connectivity index (χ1v) is 9.82. The zero-order valence-electron chi connectivity index (χ0n) is 14.4. The van der Waals surface area contributed by atoms with Crippen LogP contribution in [0.25, 0.3) is 0 Å². The maximum absolute atomic E-state index is 12.3. The summed E-state index contributed by atoms with van der Waals surface area (Å²) in [5, 5.41) is 4.84. The number of amides is 1. The van der Waals surface area contributed by atoms with Crippen molar-refractivity contribution in [2.24, 2.45) is 11.0 Å². The van der Waals surface area contributed by atoms with E-state index in [0.717, 1.165) is 47.5 Å². The number of carbonyl (C=O) groups is 1. The number of nitrogens with one attached hydrogen (secondary N) is 1. The predicted molar refractivity (Wildman–Crippen MR) is 109 cm³/mol. The van der Waals surface area contributed by atoms with E-state index in [1.807, 2.05) is 36.4 Å². The molecule has 1 N–H and O–H groups in total. The Kier molecular flexibility index (Phi) is 6.83. The highest BCUT2D eigenvalue weighted by Gasteiger charge is 2.24. The fraction of sp³-hybridized carbons (Fsp3) is 0.300. The summed E-state index contributed by atoms with van der Waals surface area (Å²) in [6, 6.07) is 15.7. The summed E-state index contributed by atoms with van der Waals surface area (Å²) < 4.78 is 0.987. The van der Waals surface area contributed by atoms with Crippen molar-refractivity contribution < 1.29 is 4.79 Å². The molecule has 0 saturated carbocycles. The Morgan fingerprint density at radius 3 is 2.65 bits per heavy atom. The number of benzene rings is 2. The van der Waals surface area contributed by atoms with Crippen LogP contribution in [0, 0.1) is 5.92 Å². The molecule has 0 aromatic heterocycles. The minimum Gasteiger partial charge on any atom is -0.299 e. The lowest BCUT2D eigenvalue weighted by molar-refractivity contribution is -0.126. The van der Waals surface area contributed by atoms with Crippen molar-refractivity contribution in [1.29, 1.82) is 0 Å². The van der Waals surface area contributed by atoms with Gasteiger partial charge in [0, 0.05) is 22.0 Å². The first-order valence-electron chi connectivity index (χ1n) is 8.65. The van der Waals surface area contributed by atoms with Gasteiger partial charge in [0.1, 0.15) is 0 Å². The van der Waals surface area contributed by atoms with E-state index in [-0.39, 0.29) is 11.8 Å². The molecule has 0 unspecified atom stereocenters. The van der Waals surface area contributed by atoms with Crippen LogP contribution in [0.1, 0.15) is 24.0 Å². The lowest BCUT2D eigenvalue weighted by Gasteiger charge is -2.30. The molecule has 0 aliphatic carbocycles. The Bertz CT molecular complexity index is 771. The monoisotopic (exact) mass is 433 g/mol. The molecular weight excluding hydrogens is 414 g/mol. The van der Waals surface area contributed by atoms with Crippen molar-refractivity contribution in [2.45, 2.75) is 19.4 Å². The van der Waals surface area contributed by atoms with Crippen LogP contribution in [0.4, 0.5) is 0 Å². The molecule has 4 nitrogen and oxygen atoms in total. The van der Waals surface area contributed by atoms with E-state index in [9.17, 15) is 4.79 Å². The average Bonchev–Trinajstić information content (AvgIpc) is 2.64. The fourth-order valence-corrected chi connectivity index (χ4v) is 3.59. The normalized spacial score (nSPS) is 16.1. The van der Waals surface area contributed by atoms with E-state index in [1.54, 1.807) is 6.21 Å². The molecule has 0 bridgehead atoms. The highest BCUT2D eigenvalue weighted by molar-refractivity contribution is 9.10. The van der Waals surface area contributed by atoms with Crippen molar-refractivity contribution >= 4 is 39.7 Å². The Morgan fingerprint density at radius 2 is 1.96 bits per heavy atom. The van der Waals surface area contributed by atoms with Gasteiger partial charge < -0.3 is 0 Å². The standard InChI is InChI=1S/C20H21BrClN3O/c21-18-3-1-2-16(12-18)13-23-24-20(26)17-8-10-25(11-9-17)14-15-4-6-19(22)7-5-15/h1-7,12-13,17H,8-11,14H2,(H,24,26)/b23-13-.